The maximum absolute atomic E-state index is 13.9. The van der Waals surface area contributed by atoms with Gasteiger partial charge in [0.05, 0.1) is 0 Å². The molecule has 2 atom stereocenters. The number of carbonyl (C=O) groups is 2. The molecule has 3 heterocycles. The molecule has 1 aromatic heterocycles. The number of pyridine rings is 1. The molecule has 2 bridgehead atoms. The fourth-order valence-electron chi connectivity index (χ4n) is 3.76. The van der Waals surface area contributed by atoms with Crippen LogP contribution in [0.1, 0.15) is 33.3 Å². The first-order valence-corrected chi connectivity index (χ1v) is 9.83. The molecule has 1 aromatic carbocycles. The number of hydrogen-bond acceptors (Lipinski definition) is 6. The molecule has 2 N–H and O–H groups in total. The molecule has 2 aliphatic rings. The number of hydrogen-bond donors (Lipinski definition) is 2. The SMILES string of the molecule is CO[C@@H]1C=C[C@H](C)N2CN1n1cc(C(=O)NCc3c(F)cc(F)cc3F)c(=O)c(O)c1C2=O. The average Bonchev–Trinajstić information content (AvgIpc) is 2.90. The van der Waals surface area contributed by atoms with Gasteiger partial charge in [0.15, 0.2) is 17.7 Å². The Bertz CT molecular complexity index is 1220. The standard InChI is InChI=1S/C21H19F3N4O5/c1-10-3-4-16(33-2)28-9-26(10)21(32)17-19(30)18(29)13(8-27(17)28)20(31)25-7-12-14(23)5-11(22)6-15(12)24/h3-6,8,10,16,30H,7,9H2,1-2H3,(H,25,31)/t10-,16+/m0/s1. The Balaban J connectivity index is 1.72. The van der Waals surface area contributed by atoms with Crippen LogP contribution in [0.2, 0.25) is 0 Å². The first-order chi connectivity index (χ1) is 15.6. The average molecular weight is 464 g/mol. The lowest BCUT2D eigenvalue weighted by Gasteiger charge is -2.41. The Hall–Kier alpha value is -3.80. The van der Waals surface area contributed by atoms with Gasteiger partial charge in [-0.2, -0.15) is 0 Å². The number of aromatic hydroxyl groups is 1. The molecule has 2 aliphatic heterocycles. The number of nitrogens with one attached hydrogen (secondary N) is 1. The van der Waals surface area contributed by atoms with Crippen LogP contribution >= 0.6 is 0 Å². The summed E-state index contributed by atoms with van der Waals surface area (Å²) in [6.07, 6.45) is 3.77. The number of methoxy groups -OCH3 is 1. The van der Waals surface area contributed by atoms with Crippen molar-refractivity contribution in [2.24, 2.45) is 0 Å². The van der Waals surface area contributed by atoms with Crippen molar-refractivity contribution < 1.29 is 32.6 Å². The van der Waals surface area contributed by atoms with Crippen molar-refractivity contribution in [3.63, 3.8) is 0 Å². The van der Waals surface area contributed by atoms with Gasteiger partial charge in [0, 0.05) is 43.6 Å². The fraction of sp³-hybridized carbons (Fsp3) is 0.286. The quantitative estimate of drug-likeness (QED) is 0.659. The molecule has 0 saturated heterocycles. The number of nitrogens with zero attached hydrogens (tertiary/aromatic N) is 3. The van der Waals surface area contributed by atoms with Gasteiger partial charge in [-0.05, 0) is 13.0 Å². The van der Waals surface area contributed by atoms with Crippen molar-refractivity contribution in [2.75, 3.05) is 18.8 Å². The topological polar surface area (TPSA) is 104 Å². The van der Waals surface area contributed by atoms with Crippen LogP contribution in [0.15, 0.2) is 35.3 Å². The Kier molecular flexibility index (Phi) is 5.62. The molecule has 4 rings (SSSR count). The summed E-state index contributed by atoms with van der Waals surface area (Å²) in [6.45, 7) is 1.11. The highest BCUT2D eigenvalue weighted by Gasteiger charge is 2.39. The van der Waals surface area contributed by atoms with Gasteiger partial charge in [-0.25, -0.2) is 13.2 Å². The van der Waals surface area contributed by atoms with E-state index in [1.807, 2.05) is 0 Å². The smallest absolute Gasteiger partial charge is 0.278 e. The number of rotatable bonds is 4. The van der Waals surface area contributed by atoms with Crippen molar-refractivity contribution in [3.05, 3.63) is 75.0 Å². The van der Waals surface area contributed by atoms with E-state index in [0.717, 1.165) is 10.9 Å². The maximum Gasteiger partial charge on any atom is 0.278 e. The van der Waals surface area contributed by atoms with E-state index in [9.17, 15) is 32.7 Å². The van der Waals surface area contributed by atoms with Crippen molar-refractivity contribution in [1.29, 1.82) is 0 Å². The zero-order valence-electron chi connectivity index (χ0n) is 17.5. The van der Waals surface area contributed by atoms with E-state index in [0.29, 0.717) is 12.1 Å². The predicted octanol–water partition coefficient (Wildman–Crippen LogP) is 1.18. The number of halogens is 3. The van der Waals surface area contributed by atoms with Crippen molar-refractivity contribution in [3.8, 4) is 5.75 Å². The van der Waals surface area contributed by atoms with E-state index >= 15 is 0 Å². The van der Waals surface area contributed by atoms with E-state index in [4.69, 9.17) is 4.74 Å². The molecule has 0 fully saturated rings. The number of aromatic nitrogens is 1. The van der Waals surface area contributed by atoms with Gasteiger partial charge >= 0.3 is 0 Å². The zero-order valence-corrected chi connectivity index (χ0v) is 17.5. The number of ether oxygens (including phenoxy) is 1. The monoisotopic (exact) mass is 464 g/mol. The summed E-state index contributed by atoms with van der Waals surface area (Å²) in [5.41, 5.74) is -2.67. The lowest BCUT2D eigenvalue weighted by Crippen LogP contribution is -2.58. The Labute approximate surface area is 185 Å². The number of benzene rings is 1. The van der Waals surface area contributed by atoms with Crippen LogP contribution in [0, 0.1) is 17.5 Å². The van der Waals surface area contributed by atoms with E-state index in [-0.39, 0.29) is 18.4 Å². The molecule has 9 nitrogen and oxygen atoms in total. The second kappa shape index (κ2) is 8.28. The highest BCUT2D eigenvalue weighted by atomic mass is 19.1. The lowest BCUT2D eigenvalue weighted by molar-refractivity contribution is 0.0543. The third-order valence-electron chi connectivity index (χ3n) is 5.56. The van der Waals surface area contributed by atoms with Gasteiger partial charge in [-0.1, -0.05) is 6.08 Å². The molecular weight excluding hydrogens is 445 g/mol. The van der Waals surface area contributed by atoms with Crippen molar-refractivity contribution in [2.45, 2.75) is 25.7 Å². The molecule has 174 valence electrons. The molecule has 0 unspecified atom stereocenters. The van der Waals surface area contributed by atoms with Crippen molar-refractivity contribution in [1.82, 2.24) is 14.9 Å². The van der Waals surface area contributed by atoms with Gasteiger partial charge in [-0.15, -0.1) is 0 Å². The molecule has 0 spiro atoms. The fourth-order valence-corrected chi connectivity index (χ4v) is 3.76. The van der Waals surface area contributed by atoms with Gasteiger partial charge < -0.3 is 20.1 Å². The van der Waals surface area contributed by atoms with Gasteiger partial charge in [-0.3, -0.25) is 24.1 Å². The van der Waals surface area contributed by atoms with Crippen LogP contribution in [0.3, 0.4) is 0 Å². The second-order valence-corrected chi connectivity index (χ2v) is 7.55. The molecule has 0 saturated carbocycles. The highest BCUT2D eigenvalue weighted by molar-refractivity contribution is 5.99. The van der Waals surface area contributed by atoms with E-state index in [2.05, 4.69) is 5.32 Å². The number of fused-ring (bicyclic) bond motifs is 4. The van der Waals surface area contributed by atoms with Crippen LogP contribution in [0.4, 0.5) is 13.2 Å². The maximum atomic E-state index is 13.9. The summed E-state index contributed by atoms with van der Waals surface area (Å²) < 4.78 is 47.4. The molecule has 0 radical (unpaired) electrons. The van der Waals surface area contributed by atoms with E-state index < -0.39 is 64.3 Å². The van der Waals surface area contributed by atoms with Gasteiger partial charge in [0.1, 0.15) is 29.7 Å². The summed E-state index contributed by atoms with van der Waals surface area (Å²) in [6, 6.07) is 0.562. The van der Waals surface area contributed by atoms with Crippen LogP contribution in [-0.4, -0.2) is 52.5 Å². The summed E-state index contributed by atoms with van der Waals surface area (Å²) in [5.74, 6) is -6.18. The molecular formula is C21H19F3N4O5. The minimum absolute atomic E-state index is 0.0356. The summed E-state index contributed by atoms with van der Waals surface area (Å²) in [4.78, 5) is 39.7. The van der Waals surface area contributed by atoms with Gasteiger partial charge in [0.2, 0.25) is 5.43 Å². The first-order valence-electron chi connectivity index (χ1n) is 9.83. The normalized spacial score (nSPS) is 19.4. The minimum atomic E-state index is -1.21. The Morgan fingerprint density at radius 3 is 2.52 bits per heavy atom. The second-order valence-electron chi connectivity index (χ2n) is 7.55. The van der Waals surface area contributed by atoms with Crippen LogP contribution in [0.25, 0.3) is 0 Å². The molecule has 0 aliphatic carbocycles. The van der Waals surface area contributed by atoms with Crippen LogP contribution < -0.4 is 15.8 Å². The molecule has 2 amide bonds. The van der Waals surface area contributed by atoms with Crippen LogP contribution in [-0.2, 0) is 11.3 Å². The third-order valence-corrected chi connectivity index (χ3v) is 5.56. The van der Waals surface area contributed by atoms with E-state index in [1.54, 1.807) is 19.1 Å². The van der Waals surface area contributed by atoms with Crippen molar-refractivity contribution >= 4 is 11.8 Å². The minimum Gasteiger partial charge on any atom is -0.502 e. The Morgan fingerprint density at radius 1 is 1.21 bits per heavy atom. The molecule has 12 heteroatoms. The summed E-state index contributed by atoms with van der Waals surface area (Å²) in [5, 5.41) is 14.2. The van der Waals surface area contributed by atoms with Gasteiger partial charge in [0.25, 0.3) is 11.8 Å². The lowest BCUT2D eigenvalue weighted by atomic mass is 10.1. The number of amides is 2. The van der Waals surface area contributed by atoms with E-state index in [1.165, 1.54) is 17.0 Å². The van der Waals surface area contributed by atoms with Crippen LogP contribution in [0.5, 0.6) is 5.75 Å². The highest BCUT2D eigenvalue weighted by Crippen LogP contribution is 2.26. The zero-order chi connectivity index (χ0) is 24.0. The predicted molar refractivity (Wildman–Crippen MR) is 109 cm³/mol. The first kappa shape index (κ1) is 22.4. The number of carbonyl (C=O) groups excluding carboxylic acids is 2. The molecule has 2 aromatic rings. The summed E-state index contributed by atoms with van der Waals surface area (Å²) in [7, 11) is 1.42. The third kappa shape index (κ3) is 3.71. The largest absolute Gasteiger partial charge is 0.502 e. The summed E-state index contributed by atoms with van der Waals surface area (Å²) >= 11 is 0. The molecule has 33 heavy (non-hydrogen) atoms. The Morgan fingerprint density at radius 2 is 1.88 bits per heavy atom.